The summed E-state index contributed by atoms with van der Waals surface area (Å²) in [5.41, 5.74) is -0.0842. The van der Waals surface area contributed by atoms with E-state index in [1.54, 1.807) is 14.0 Å². The Hall–Kier alpha value is -3.74. The molecule has 0 saturated carbocycles. The number of carbonyl (C=O) groups is 1. The molecule has 2 aliphatic rings. The van der Waals surface area contributed by atoms with Crippen molar-refractivity contribution in [2.75, 3.05) is 7.11 Å². The average molecular weight is 582 g/mol. The van der Waals surface area contributed by atoms with Crippen molar-refractivity contribution in [3.63, 3.8) is 0 Å². The maximum Gasteiger partial charge on any atom is 0.333 e. The Labute approximate surface area is 238 Å². The van der Waals surface area contributed by atoms with Crippen molar-refractivity contribution in [2.45, 2.75) is 76.5 Å². The van der Waals surface area contributed by atoms with Crippen molar-refractivity contribution >= 4 is 27.5 Å². The molecular formula is C29H31N3O8S. The Morgan fingerprint density at radius 1 is 1.22 bits per heavy atom. The number of hydrogen-bond acceptors (Lipinski definition) is 9. The fourth-order valence-corrected chi connectivity index (χ4v) is 7.22. The highest BCUT2D eigenvalue weighted by Crippen LogP contribution is 2.40. The highest BCUT2D eigenvalue weighted by atomic mass is 32.1. The molecule has 5 heterocycles. The first-order chi connectivity index (χ1) is 19.8. The summed E-state index contributed by atoms with van der Waals surface area (Å²) in [6.45, 7) is 3.10. The van der Waals surface area contributed by atoms with E-state index in [1.165, 1.54) is 35.3 Å². The monoisotopic (exact) mass is 581 g/mol. The zero-order valence-corrected chi connectivity index (χ0v) is 23.8. The Morgan fingerprint density at radius 2 is 1.95 bits per heavy atom. The van der Waals surface area contributed by atoms with Gasteiger partial charge in [0.15, 0.2) is 0 Å². The van der Waals surface area contributed by atoms with Crippen LogP contribution in [0.5, 0.6) is 5.75 Å². The molecule has 41 heavy (non-hydrogen) atoms. The number of thiophene rings is 1. The number of benzene rings is 1. The molecule has 6 rings (SSSR count). The van der Waals surface area contributed by atoms with Crippen molar-refractivity contribution in [1.82, 2.24) is 14.1 Å². The standard InChI is InChI=1S/C29H31N3O8S/c1-15-23-26(33)32(16(2)28(34)35)29(36)31(27(23)41-24(15)25-30-10-11-38-25)14-22(20-6-4-5-7-21(20)37-3)40-19-12-17-8-9-18(13-19)39-17/h4-7,10-11,16-19,22H,8-9,12-14H2,1-3H3,(H,34,35)/t16-,17-,18+,19?,22+/m1/s1. The van der Waals surface area contributed by atoms with Gasteiger partial charge in [-0.1, -0.05) is 18.2 Å². The van der Waals surface area contributed by atoms with Crippen LogP contribution in [-0.2, 0) is 20.8 Å². The number of hydrogen-bond donors (Lipinski definition) is 1. The second kappa shape index (κ2) is 10.9. The number of para-hydroxylation sites is 1. The van der Waals surface area contributed by atoms with Crippen LogP contribution in [0.2, 0.25) is 0 Å². The van der Waals surface area contributed by atoms with Gasteiger partial charge in [-0.25, -0.2) is 19.1 Å². The first-order valence-corrected chi connectivity index (χ1v) is 14.4. The summed E-state index contributed by atoms with van der Waals surface area (Å²) < 4.78 is 26.2. The zero-order chi connectivity index (χ0) is 28.8. The SMILES string of the molecule is COc1ccccc1[C@H](Cn1c(=O)n([C@H](C)C(=O)O)c(=O)c2c(C)c(-c3ncco3)sc21)OC1C[C@H]2CC[C@@H](C1)O2. The Balaban J connectivity index is 1.53. The number of aryl methyl sites for hydroxylation is 1. The number of ether oxygens (including phenoxy) is 3. The molecule has 2 aliphatic heterocycles. The molecular weight excluding hydrogens is 550 g/mol. The maximum atomic E-state index is 14.0. The van der Waals surface area contributed by atoms with E-state index >= 15 is 0 Å². The number of aliphatic carboxylic acids is 1. The minimum Gasteiger partial charge on any atom is -0.496 e. The van der Waals surface area contributed by atoms with Crippen LogP contribution in [0.15, 0.2) is 50.7 Å². The molecule has 11 nitrogen and oxygen atoms in total. The number of carboxylic acid groups (broad SMARTS) is 1. The lowest BCUT2D eigenvalue weighted by atomic mass is 10.0. The summed E-state index contributed by atoms with van der Waals surface area (Å²) in [7, 11) is 1.58. The molecule has 3 aromatic heterocycles. The lowest BCUT2D eigenvalue weighted by molar-refractivity contribution is -0.140. The van der Waals surface area contributed by atoms with Gasteiger partial charge < -0.3 is 23.7 Å². The second-order valence-corrected chi connectivity index (χ2v) is 11.6. The highest BCUT2D eigenvalue weighted by molar-refractivity contribution is 7.22. The van der Waals surface area contributed by atoms with E-state index in [0.29, 0.717) is 26.9 Å². The van der Waals surface area contributed by atoms with Crippen molar-refractivity contribution < 1.29 is 28.5 Å². The smallest absolute Gasteiger partial charge is 0.333 e. The maximum absolute atomic E-state index is 14.0. The van der Waals surface area contributed by atoms with Crippen LogP contribution in [0.4, 0.5) is 0 Å². The average Bonchev–Trinajstić information content (AvgIpc) is 3.69. The number of methoxy groups -OCH3 is 1. The number of oxazole rings is 1. The Morgan fingerprint density at radius 3 is 2.61 bits per heavy atom. The molecule has 216 valence electrons. The molecule has 5 atom stereocenters. The van der Waals surface area contributed by atoms with Crippen molar-refractivity contribution in [3.05, 3.63) is 68.7 Å². The number of nitrogens with zero attached hydrogens (tertiary/aromatic N) is 3. The molecule has 1 aromatic carbocycles. The highest BCUT2D eigenvalue weighted by Gasteiger charge is 2.37. The third-order valence-corrected chi connectivity index (χ3v) is 9.36. The van der Waals surface area contributed by atoms with Crippen LogP contribution in [0.1, 0.15) is 55.9 Å². The van der Waals surface area contributed by atoms with Gasteiger partial charge in [0.2, 0.25) is 5.89 Å². The van der Waals surface area contributed by atoms with Crippen molar-refractivity contribution in [2.24, 2.45) is 0 Å². The van der Waals surface area contributed by atoms with E-state index in [1.807, 2.05) is 24.3 Å². The normalized spacial score (nSPS) is 21.7. The van der Waals surface area contributed by atoms with Crippen LogP contribution in [0, 0.1) is 6.92 Å². The van der Waals surface area contributed by atoms with Crippen molar-refractivity contribution in [1.29, 1.82) is 0 Å². The van der Waals surface area contributed by atoms with Gasteiger partial charge in [0.25, 0.3) is 5.56 Å². The summed E-state index contributed by atoms with van der Waals surface area (Å²) in [5.74, 6) is -0.367. The summed E-state index contributed by atoms with van der Waals surface area (Å²) in [5, 5.41) is 10.0. The molecule has 0 radical (unpaired) electrons. The van der Waals surface area contributed by atoms with Crippen LogP contribution < -0.4 is 16.0 Å². The third kappa shape index (κ3) is 4.89. The fourth-order valence-electron chi connectivity index (χ4n) is 5.98. The van der Waals surface area contributed by atoms with Gasteiger partial charge in [0.1, 0.15) is 29.0 Å². The van der Waals surface area contributed by atoms with E-state index in [4.69, 9.17) is 18.6 Å². The first kappa shape index (κ1) is 27.4. The largest absolute Gasteiger partial charge is 0.496 e. The quantitative estimate of drug-likeness (QED) is 0.307. The molecule has 1 N–H and O–H groups in total. The Kier molecular flexibility index (Phi) is 7.30. The predicted octanol–water partition coefficient (Wildman–Crippen LogP) is 4.31. The number of aromatic nitrogens is 3. The summed E-state index contributed by atoms with van der Waals surface area (Å²) >= 11 is 1.21. The van der Waals surface area contributed by atoms with Gasteiger partial charge in [-0.2, -0.15) is 0 Å². The van der Waals surface area contributed by atoms with Gasteiger partial charge in [-0.3, -0.25) is 9.36 Å². The molecule has 2 fully saturated rings. The number of carboxylic acids is 1. The summed E-state index contributed by atoms with van der Waals surface area (Å²) in [6, 6.07) is 6.09. The van der Waals surface area contributed by atoms with Gasteiger partial charge in [0, 0.05) is 5.56 Å². The van der Waals surface area contributed by atoms with Gasteiger partial charge in [-0.15, -0.1) is 11.3 Å². The molecule has 12 heteroatoms. The molecule has 0 aliphatic carbocycles. The molecule has 2 bridgehead atoms. The third-order valence-electron chi connectivity index (χ3n) is 8.05. The first-order valence-electron chi connectivity index (χ1n) is 13.6. The van der Waals surface area contributed by atoms with Gasteiger partial charge in [0.05, 0.1) is 48.4 Å². The summed E-state index contributed by atoms with van der Waals surface area (Å²) in [4.78, 5) is 44.9. The Bertz CT molecular complexity index is 1690. The lowest BCUT2D eigenvalue weighted by Crippen LogP contribution is -2.44. The van der Waals surface area contributed by atoms with Gasteiger partial charge >= 0.3 is 11.7 Å². The summed E-state index contributed by atoms with van der Waals surface area (Å²) in [6.07, 6.45) is 5.99. The number of fused-ring (bicyclic) bond motifs is 3. The zero-order valence-electron chi connectivity index (χ0n) is 22.9. The lowest BCUT2D eigenvalue weighted by Gasteiger charge is -2.32. The molecule has 0 spiro atoms. The molecule has 1 unspecified atom stereocenters. The fraction of sp³-hybridized carbons (Fsp3) is 0.448. The van der Waals surface area contributed by atoms with Crippen LogP contribution in [-0.4, -0.2) is 50.6 Å². The van der Waals surface area contributed by atoms with Crippen LogP contribution in [0.3, 0.4) is 0 Å². The predicted molar refractivity (Wildman–Crippen MR) is 151 cm³/mol. The second-order valence-electron chi connectivity index (χ2n) is 10.6. The van der Waals surface area contributed by atoms with Crippen LogP contribution in [0.25, 0.3) is 21.0 Å². The number of rotatable bonds is 9. The minimum atomic E-state index is -1.38. The molecule has 2 saturated heterocycles. The van der Waals surface area contributed by atoms with E-state index in [0.717, 1.165) is 35.8 Å². The molecule has 0 amide bonds. The van der Waals surface area contributed by atoms with E-state index in [-0.39, 0.29) is 30.2 Å². The van der Waals surface area contributed by atoms with E-state index in [2.05, 4.69) is 4.98 Å². The van der Waals surface area contributed by atoms with Crippen molar-refractivity contribution in [3.8, 4) is 16.5 Å². The van der Waals surface area contributed by atoms with Gasteiger partial charge in [-0.05, 0) is 51.2 Å². The van der Waals surface area contributed by atoms with E-state index in [9.17, 15) is 19.5 Å². The van der Waals surface area contributed by atoms with Crippen LogP contribution >= 0.6 is 11.3 Å². The molecule has 4 aromatic rings. The minimum absolute atomic E-state index is 0.0278. The van der Waals surface area contributed by atoms with E-state index < -0.39 is 29.4 Å². The topological polar surface area (TPSA) is 135 Å².